The fourth-order valence-corrected chi connectivity index (χ4v) is 8.22. The fourth-order valence-electron chi connectivity index (χ4n) is 8.22. The van der Waals surface area contributed by atoms with Gasteiger partial charge in [-0.3, -0.25) is 9.59 Å². The molecule has 4 unspecified atom stereocenters. The molecule has 4 rings (SSSR count). The maximum Gasteiger partial charge on any atom is 0.308 e. The van der Waals surface area contributed by atoms with Crippen LogP contribution < -0.4 is 9.47 Å². The van der Waals surface area contributed by atoms with Crippen molar-refractivity contribution in [3.05, 3.63) is 35.4 Å². The van der Waals surface area contributed by atoms with Gasteiger partial charge in [-0.05, 0) is 68.9 Å². The Balaban J connectivity index is 1.18. The highest BCUT2D eigenvalue weighted by Crippen LogP contribution is 2.64. The molecule has 0 radical (unpaired) electrons. The minimum atomic E-state index is -0.983. The summed E-state index contributed by atoms with van der Waals surface area (Å²) in [4.78, 5) is 25.6. The Morgan fingerprint density at radius 2 is 1.64 bits per heavy atom. The van der Waals surface area contributed by atoms with Crippen LogP contribution in [0.1, 0.15) is 154 Å². The van der Waals surface area contributed by atoms with E-state index in [0.717, 1.165) is 56.1 Å². The van der Waals surface area contributed by atoms with Gasteiger partial charge in [0, 0.05) is 18.4 Å². The summed E-state index contributed by atoms with van der Waals surface area (Å²) in [6, 6.07) is 3.91. The second-order valence-corrected chi connectivity index (χ2v) is 13.5. The molecule has 1 heterocycles. The van der Waals surface area contributed by atoms with E-state index in [0.29, 0.717) is 37.2 Å². The lowest BCUT2D eigenvalue weighted by Gasteiger charge is -2.56. The molecule has 1 aromatic carbocycles. The molecule has 1 saturated carbocycles. The largest absolute Gasteiger partial charge is 0.477 e. The molecule has 0 aromatic heterocycles. The van der Waals surface area contributed by atoms with E-state index in [9.17, 15) is 14.7 Å². The van der Waals surface area contributed by atoms with Crippen molar-refractivity contribution in [1.29, 1.82) is 0 Å². The number of ketones is 1. The van der Waals surface area contributed by atoms with Crippen molar-refractivity contribution < 1.29 is 28.9 Å². The number of benzene rings is 1. The van der Waals surface area contributed by atoms with Gasteiger partial charge in [0.15, 0.2) is 23.4 Å². The van der Waals surface area contributed by atoms with E-state index in [4.69, 9.17) is 14.2 Å². The maximum absolute atomic E-state index is 13.2. The van der Waals surface area contributed by atoms with Crippen LogP contribution in [0.2, 0.25) is 0 Å². The Morgan fingerprint density at radius 3 is 2.32 bits per heavy atom. The van der Waals surface area contributed by atoms with Gasteiger partial charge in [0.2, 0.25) is 6.79 Å². The number of ether oxygens (including phenoxy) is 3. The van der Waals surface area contributed by atoms with Gasteiger partial charge in [-0.2, -0.15) is 0 Å². The number of allylic oxidation sites excluding steroid dienone is 2. The highest BCUT2D eigenvalue weighted by Gasteiger charge is 2.70. The van der Waals surface area contributed by atoms with Crippen LogP contribution in [0.3, 0.4) is 0 Å². The number of aliphatic hydroxyl groups is 1. The van der Waals surface area contributed by atoms with Gasteiger partial charge in [-0.25, -0.2) is 0 Å². The maximum atomic E-state index is 13.2. The molecule has 0 spiro atoms. The summed E-state index contributed by atoms with van der Waals surface area (Å²) in [5.74, 6) is 0.907. The lowest BCUT2D eigenvalue weighted by molar-refractivity contribution is -0.167. The number of unbranched alkanes of at least 4 members (excludes halogenated alkanes) is 11. The first-order valence-electron chi connectivity index (χ1n) is 17.9. The first-order valence-corrected chi connectivity index (χ1v) is 17.9. The van der Waals surface area contributed by atoms with E-state index in [1.165, 1.54) is 57.8 Å². The van der Waals surface area contributed by atoms with Gasteiger partial charge in [0.05, 0.1) is 11.0 Å². The van der Waals surface area contributed by atoms with Crippen molar-refractivity contribution in [3.8, 4) is 11.5 Å². The Labute approximate surface area is 266 Å². The van der Waals surface area contributed by atoms with E-state index in [1.54, 1.807) is 0 Å². The molecule has 4 atom stereocenters. The molecule has 1 aromatic rings. The number of rotatable bonds is 21. The smallest absolute Gasteiger partial charge is 0.308 e. The number of carbonyl (C=O) groups is 2. The van der Waals surface area contributed by atoms with Crippen LogP contribution in [0.5, 0.6) is 11.5 Å². The third-order valence-corrected chi connectivity index (χ3v) is 10.5. The average molecular weight is 611 g/mol. The van der Waals surface area contributed by atoms with Gasteiger partial charge in [-0.1, -0.05) is 103 Å². The minimum Gasteiger partial charge on any atom is -0.477 e. The number of Topliss-reactive ketones (excluding diaryl/α,β-unsaturated/α-hetero) is 1. The summed E-state index contributed by atoms with van der Waals surface area (Å²) in [6.45, 7) is 6.29. The van der Waals surface area contributed by atoms with Crippen LogP contribution in [0.15, 0.2) is 24.3 Å². The van der Waals surface area contributed by atoms with Crippen LogP contribution in [0.4, 0.5) is 0 Å². The van der Waals surface area contributed by atoms with Crippen molar-refractivity contribution in [2.45, 2.75) is 166 Å². The van der Waals surface area contributed by atoms with Crippen molar-refractivity contribution in [2.75, 3.05) is 6.79 Å². The SMILES string of the molecule is CCCCCCCC/C=C/CCCCCCCC(=O)OCOc1ccc2c3c1OC1C(=O)CCC(O)(C(CC)C2)C31CCC. The van der Waals surface area contributed by atoms with Gasteiger partial charge in [0.25, 0.3) is 0 Å². The Morgan fingerprint density at radius 1 is 0.955 bits per heavy atom. The number of hydrogen-bond donors (Lipinski definition) is 1. The summed E-state index contributed by atoms with van der Waals surface area (Å²) in [5.41, 5.74) is 0.349. The Bertz CT molecular complexity index is 1110. The molecule has 1 fully saturated rings. The zero-order chi connectivity index (χ0) is 31.4. The quantitative estimate of drug-likeness (QED) is 0.0647. The first kappa shape index (κ1) is 34.5. The Hall–Kier alpha value is -2.34. The van der Waals surface area contributed by atoms with Gasteiger partial charge >= 0.3 is 5.97 Å². The van der Waals surface area contributed by atoms with Gasteiger partial charge in [-0.15, -0.1) is 0 Å². The first-order chi connectivity index (χ1) is 21.4. The van der Waals surface area contributed by atoms with Crippen LogP contribution in [-0.4, -0.2) is 35.4 Å². The monoisotopic (exact) mass is 610 g/mol. The highest BCUT2D eigenvalue weighted by atomic mass is 16.7. The third-order valence-electron chi connectivity index (χ3n) is 10.5. The molecular formula is C38H58O6. The molecule has 1 N–H and O–H groups in total. The van der Waals surface area contributed by atoms with E-state index in [-0.39, 0.29) is 24.5 Å². The summed E-state index contributed by atoms with van der Waals surface area (Å²) >= 11 is 0. The molecule has 0 bridgehead atoms. The van der Waals surface area contributed by atoms with Crippen LogP contribution in [-0.2, 0) is 26.2 Å². The van der Waals surface area contributed by atoms with E-state index >= 15 is 0 Å². The van der Waals surface area contributed by atoms with Crippen LogP contribution in [0.25, 0.3) is 0 Å². The van der Waals surface area contributed by atoms with E-state index in [1.807, 2.05) is 12.1 Å². The minimum absolute atomic E-state index is 0.0550. The molecule has 0 saturated heterocycles. The predicted molar refractivity (Wildman–Crippen MR) is 175 cm³/mol. The molecule has 246 valence electrons. The summed E-state index contributed by atoms with van der Waals surface area (Å²) in [5, 5.41) is 12.2. The molecule has 0 amide bonds. The molecule has 44 heavy (non-hydrogen) atoms. The lowest BCUT2D eigenvalue weighted by Crippen LogP contribution is -2.68. The van der Waals surface area contributed by atoms with E-state index in [2.05, 4.69) is 32.9 Å². The summed E-state index contributed by atoms with van der Waals surface area (Å²) in [6.07, 6.45) is 24.2. The predicted octanol–water partition coefficient (Wildman–Crippen LogP) is 9.08. The summed E-state index contributed by atoms with van der Waals surface area (Å²) in [7, 11) is 0. The average Bonchev–Trinajstić information content (AvgIpc) is 3.38. The fraction of sp³-hybridized carbons (Fsp3) is 0.737. The van der Waals surface area contributed by atoms with E-state index < -0.39 is 17.1 Å². The second-order valence-electron chi connectivity index (χ2n) is 13.5. The van der Waals surface area contributed by atoms with Crippen molar-refractivity contribution in [1.82, 2.24) is 0 Å². The summed E-state index contributed by atoms with van der Waals surface area (Å²) < 4.78 is 17.8. The molecule has 2 aliphatic carbocycles. The van der Waals surface area contributed by atoms with Gasteiger partial charge in [0.1, 0.15) is 0 Å². The third kappa shape index (κ3) is 7.54. The zero-order valence-corrected chi connectivity index (χ0v) is 27.8. The molecule has 1 aliphatic heterocycles. The molecule has 3 aliphatic rings. The van der Waals surface area contributed by atoms with Crippen molar-refractivity contribution >= 4 is 11.8 Å². The van der Waals surface area contributed by atoms with Gasteiger partial charge < -0.3 is 19.3 Å². The molecular weight excluding hydrogens is 552 g/mol. The van der Waals surface area contributed by atoms with Crippen LogP contribution >= 0.6 is 0 Å². The number of hydrogen-bond acceptors (Lipinski definition) is 6. The number of esters is 1. The normalized spacial score (nSPS) is 25.2. The van der Waals surface area contributed by atoms with Crippen molar-refractivity contribution in [3.63, 3.8) is 0 Å². The lowest BCUT2D eigenvalue weighted by atomic mass is 9.48. The zero-order valence-electron chi connectivity index (χ0n) is 27.8. The van der Waals surface area contributed by atoms with Crippen LogP contribution in [0, 0.1) is 5.92 Å². The molecule has 6 nitrogen and oxygen atoms in total. The Kier molecular flexibility index (Phi) is 13.2. The second kappa shape index (κ2) is 16.8. The molecule has 6 heteroatoms. The van der Waals surface area contributed by atoms with Crippen molar-refractivity contribution in [2.24, 2.45) is 5.92 Å². The standard InChI is InChI=1S/C38H58O6/c1-4-7-8-9-10-11-12-13-14-15-16-17-18-19-20-21-33(40)43-28-42-32-23-22-29-27-30(6-3)38(41)26-24-31(39)36-37(38,25-5-2)34(29)35(32)44-36/h13-14,22-23,30,36,41H,4-12,15-21,24-28H2,1-3H3/b14-13+. The highest BCUT2D eigenvalue weighted by molar-refractivity contribution is 5.89. The topological polar surface area (TPSA) is 82.1 Å². The number of carbonyl (C=O) groups excluding carboxylic acids is 2.